The van der Waals surface area contributed by atoms with Crippen LogP contribution >= 0.6 is 28.1 Å². The predicted octanol–water partition coefficient (Wildman–Crippen LogP) is 3.19. The lowest BCUT2D eigenvalue weighted by Gasteiger charge is -2.11. The van der Waals surface area contributed by atoms with Crippen LogP contribution in [-0.2, 0) is 10.0 Å². The molecule has 0 amide bonds. The average Bonchev–Trinajstić information content (AvgIpc) is 2.42. The summed E-state index contributed by atoms with van der Waals surface area (Å²) >= 11 is 8.21. The number of aryl methyl sites for hydroxylation is 1. The minimum atomic E-state index is -3.70. The van der Waals surface area contributed by atoms with Gasteiger partial charge in [-0.25, -0.2) is 8.42 Å². The van der Waals surface area contributed by atoms with Crippen LogP contribution in [0.5, 0.6) is 0 Å². The van der Waals surface area contributed by atoms with E-state index in [0.717, 1.165) is 5.56 Å². The van der Waals surface area contributed by atoms with Gasteiger partial charge in [-0.2, -0.15) is 0 Å². The first-order valence-electron chi connectivity index (χ1n) is 5.98. The number of hydrogen-bond donors (Lipinski definition) is 2. The van der Waals surface area contributed by atoms with Crippen molar-refractivity contribution in [1.82, 2.24) is 0 Å². The van der Waals surface area contributed by atoms with E-state index in [1.807, 2.05) is 19.1 Å². The zero-order valence-electron chi connectivity index (χ0n) is 11.1. The third kappa shape index (κ3) is 3.81. The molecule has 21 heavy (non-hydrogen) atoms. The van der Waals surface area contributed by atoms with Crippen molar-refractivity contribution in [2.24, 2.45) is 5.73 Å². The Morgan fingerprint density at radius 2 is 1.95 bits per heavy atom. The predicted molar refractivity (Wildman–Crippen MR) is 92.0 cm³/mol. The number of nitrogens with one attached hydrogen (secondary N) is 1. The summed E-state index contributed by atoms with van der Waals surface area (Å²) in [7, 11) is -3.70. The molecule has 0 aliphatic rings. The summed E-state index contributed by atoms with van der Waals surface area (Å²) in [5.74, 6) is 0. The first-order chi connectivity index (χ1) is 9.79. The SMILES string of the molecule is Cc1ccc(NS(=O)(=O)c2cccc(C(N)=S)c2)c(Br)c1. The summed E-state index contributed by atoms with van der Waals surface area (Å²) in [6, 6.07) is 11.6. The van der Waals surface area contributed by atoms with Gasteiger partial charge >= 0.3 is 0 Å². The average molecular weight is 385 g/mol. The van der Waals surface area contributed by atoms with Crippen molar-refractivity contribution < 1.29 is 8.42 Å². The lowest BCUT2D eigenvalue weighted by Crippen LogP contribution is -2.15. The van der Waals surface area contributed by atoms with Gasteiger partial charge in [0.2, 0.25) is 0 Å². The van der Waals surface area contributed by atoms with Gasteiger partial charge in [0.15, 0.2) is 0 Å². The number of sulfonamides is 1. The topological polar surface area (TPSA) is 72.2 Å². The van der Waals surface area contributed by atoms with E-state index in [-0.39, 0.29) is 9.88 Å². The lowest BCUT2D eigenvalue weighted by molar-refractivity contribution is 0.601. The minimum absolute atomic E-state index is 0.111. The smallest absolute Gasteiger partial charge is 0.261 e. The van der Waals surface area contributed by atoms with Crippen LogP contribution in [0.1, 0.15) is 11.1 Å². The van der Waals surface area contributed by atoms with E-state index in [9.17, 15) is 8.42 Å². The third-order valence-electron chi connectivity index (χ3n) is 2.80. The van der Waals surface area contributed by atoms with Gasteiger partial charge in [0.25, 0.3) is 10.0 Å². The molecule has 0 unspecified atom stereocenters. The van der Waals surface area contributed by atoms with E-state index < -0.39 is 10.0 Å². The highest BCUT2D eigenvalue weighted by Crippen LogP contribution is 2.26. The standard InChI is InChI=1S/C14H13BrN2O2S2/c1-9-5-6-13(12(15)7-9)17-21(18,19)11-4-2-3-10(8-11)14(16)20/h2-8,17H,1H3,(H2,16,20). The zero-order chi connectivity index (χ0) is 15.6. The molecule has 110 valence electrons. The lowest BCUT2D eigenvalue weighted by atomic mass is 10.2. The van der Waals surface area contributed by atoms with Crippen molar-refractivity contribution in [3.63, 3.8) is 0 Å². The zero-order valence-corrected chi connectivity index (χ0v) is 14.3. The monoisotopic (exact) mass is 384 g/mol. The van der Waals surface area contributed by atoms with Gasteiger partial charge in [0.05, 0.1) is 10.6 Å². The molecule has 4 nitrogen and oxygen atoms in total. The summed E-state index contributed by atoms with van der Waals surface area (Å²) in [5, 5.41) is 0. The van der Waals surface area contributed by atoms with Gasteiger partial charge in [0, 0.05) is 10.0 Å². The summed E-state index contributed by atoms with van der Waals surface area (Å²) in [6.07, 6.45) is 0. The van der Waals surface area contributed by atoms with E-state index in [1.165, 1.54) is 12.1 Å². The van der Waals surface area contributed by atoms with E-state index >= 15 is 0 Å². The molecule has 0 saturated carbocycles. The van der Waals surface area contributed by atoms with E-state index in [2.05, 4.69) is 20.7 Å². The van der Waals surface area contributed by atoms with Gasteiger partial charge in [-0.15, -0.1) is 0 Å². The molecule has 0 atom stereocenters. The van der Waals surface area contributed by atoms with Crippen LogP contribution in [0.25, 0.3) is 0 Å². The number of rotatable bonds is 4. The van der Waals surface area contributed by atoms with E-state index in [4.69, 9.17) is 18.0 Å². The van der Waals surface area contributed by atoms with Gasteiger partial charge < -0.3 is 5.73 Å². The van der Waals surface area contributed by atoms with Crippen molar-refractivity contribution in [2.75, 3.05) is 4.72 Å². The molecular weight excluding hydrogens is 372 g/mol. The van der Waals surface area contributed by atoms with Crippen molar-refractivity contribution in [3.05, 3.63) is 58.1 Å². The molecule has 2 aromatic carbocycles. The molecule has 0 bridgehead atoms. The number of anilines is 1. The van der Waals surface area contributed by atoms with Crippen LogP contribution in [-0.4, -0.2) is 13.4 Å². The summed E-state index contributed by atoms with van der Waals surface area (Å²) < 4.78 is 28.0. The van der Waals surface area contributed by atoms with E-state index in [1.54, 1.807) is 18.2 Å². The normalized spacial score (nSPS) is 11.1. The second-order valence-electron chi connectivity index (χ2n) is 4.48. The molecule has 0 aliphatic heterocycles. The molecular formula is C14H13BrN2O2S2. The summed E-state index contributed by atoms with van der Waals surface area (Å²) in [5.41, 5.74) is 7.54. The molecule has 0 spiro atoms. The first-order valence-corrected chi connectivity index (χ1v) is 8.67. The number of hydrogen-bond acceptors (Lipinski definition) is 3. The maximum Gasteiger partial charge on any atom is 0.261 e. The van der Waals surface area contributed by atoms with Crippen LogP contribution < -0.4 is 10.5 Å². The van der Waals surface area contributed by atoms with Crippen LogP contribution in [0.3, 0.4) is 0 Å². The third-order valence-corrected chi connectivity index (χ3v) is 5.05. The highest BCUT2D eigenvalue weighted by molar-refractivity contribution is 9.10. The Labute approximate surface area is 137 Å². The Bertz CT molecular complexity index is 804. The van der Waals surface area contributed by atoms with Crippen LogP contribution in [0.4, 0.5) is 5.69 Å². The minimum Gasteiger partial charge on any atom is -0.389 e. The Balaban J connectivity index is 2.38. The molecule has 2 aromatic rings. The second-order valence-corrected chi connectivity index (χ2v) is 7.46. The molecule has 0 aliphatic carbocycles. The van der Waals surface area contributed by atoms with Crippen molar-refractivity contribution in [2.45, 2.75) is 11.8 Å². The van der Waals surface area contributed by atoms with E-state index in [0.29, 0.717) is 15.7 Å². The van der Waals surface area contributed by atoms with Gasteiger partial charge in [0.1, 0.15) is 4.99 Å². The number of thiocarbonyl (C=S) groups is 1. The Kier molecular flexibility index (Phi) is 4.65. The highest BCUT2D eigenvalue weighted by atomic mass is 79.9. The van der Waals surface area contributed by atoms with Crippen LogP contribution in [0.2, 0.25) is 0 Å². The molecule has 0 radical (unpaired) electrons. The molecule has 0 fully saturated rings. The molecule has 2 rings (SSSR count). The first kappa shape index (κ1) is 15.9. The Morgan fingerprint density at radius 3 is 2.57 bits per heavy atom. The fraction of sp³-hybridized carbons (Fsp3) is 0.0714. The van der Waals surface area contributed by atoms with Crippen molar-refractivity contribution >= 4 is 48.8 Å². The molecule has 0 aromatic heterocycles. The quantitative estimate of drug-likeness (QED) is 0.793. The molecule has 3 N–H and O–H groups in total. The Hall–Kier alpha value is -1.44. The second kappa shape index (κ2) is 6.13. The summed E-state index contributed by atoms with van der Waals surface area (Å²) in [6.45, 7) is 1.93. The van der Waals surface area contributed by atoms with Crippen LogP contribution in [0, 0.1) is 6.92 Å². The fourth-order valence-corrected chi connectivity index (χ4v) is 3.70. The Morgan fingerprint density at radius 1 is 1.24 bits per heavy atom. The van der Waals surface area contributed by atoms with Crippen molar-refractivity contribution in [1.29, 1.82) is 0 Å². The molecule has 0 heterocycles. The van der Waals surface area contributed by atoms with Crippen LogP contribution in [0.15, 0.2) is 51.8 Å². The largest absolute Gasteiger partial charge is 0.389 e. The molecule has 0 saturated heterocycles. The van der Waals surface area contributed by atoms with Gasteiger partial charge in [-0.05, 0) is 52.7 Å². The van der Waals surface area contributed by atoms with Gasteiger partial charge in [-0.1, -0.05) is 30.4 Å². The maximum absolute atomic E-state index is 12.4. The molecule has 7 heteroatoms. The highest BCUT2D eigenvalue weighted by Gasteiger charge is 2.16. The van der Waals surface area contributed by atoms with Crippen molar-refractivity contribution in [3.8, 4) is 0 Å². The number of benzene rings is 2. The maximum atomic E-state index is 12.4. The van der Waals surface area contributed by atoms with Gasteiger partial charge in [-0.3, -0.25) is 4.72 Å². The number of halogens is 1. The summed E-state index contributed by atoms with van der Waals surface area (Å²) in [4.78, 5) is 0.267. The fourth-order valence-electron chi connectivity index (χ4n) is 1.72. The number of nitrogens with two attached hydrogens (primary N) is 1.